The molecule has 51 heavy (non-hydrogen) atoms. The lowest BCUT2D eigenvalue weighted by molar-refractivity contribution is -0.126. The second kappa shape index (κ2) is 19.0. The summed E-state index contributed by atoms with van der Waals surface area (Å²) in [5.41, 5.74) is 7.78. The van der Waals surface area contributed by atoms with Gasteiger partial charge in [-0.2, -0.15) is 5.10 Å². The molecule has 0 aliphatic carbocycles. The molecule has 1 aliphatic rings. The van der Waals surface area contributed by atoms with Crippen LogP contribution in [0.25, 0.3) is 22.2 Å². The first-order valence-electron chi connectivity index (χ1n) is 18.2. The van der Waals surface area contributed by atoms with Crippen LogP contribution in [-0.2, 0) is 46.9 Å². The first kappa shape index (κ1) is 38.2. The molecule has 0 spiro atoms. The molecule has 5 rings (SSSR count). The third kappa shape index (κ3) is 10.7. The van der Waals surface area contributed by atoms with Gasteiger partial charge in [-0.25, -0.2) is 9.67 Å². The van der Waals surface area contributed by atoms with Crippen molar-refractivity contribution in [3.8, 4) is 11.1 Å². The number of ether oxygens (including phenoxy) is 1. The summed E-state index contributed by atoms with van der Waals surface area (Å²) in [7, 11) is 4.17. The standard InChI is InChI=1S/C39H53ClN8O3/c1-5-35-32(38(45-30-15-19-51-20-16-30)33-26-44-48(6-2)39(33)46-35)25-43-37(50)14-13-36(49)42-24-28-11-12-34(40)31(22-28)29-10-7-9-27(21-29)23-41-17-8-18-47(3)4/h7,9-12,21-22,26,30,41H,5-6,8,13-20,23-25H2,1-4H3,(H,42,49)(H,43,50)(H,45,46). The molecule has 1 aliphatic heterocycles. The number of carbonyl (C=O) groups excluding carboxylic acids is 2. The van der Waals surface area contributed by atoms with E-state index in [1.54, 1.807) is 0 Å². The fourth-order valence-corrected chi connectivity index (χ4v) is 6.62. The van der Waals surface area contributed by atoms with E-state index in [9.17, 15) is 9.59 Å². The van der Waals surface area contributed by atoms with Crippen LogP contribution >= 0.6 is 11.6 Å². The maximum Gasteiger partial charge on any atom is 0.220 e. The van der Waals surface area contributed by atoms with Crippen LogP contribution in [0, 0.1) is 0 Å². The lowest BCUT2D eigenvalue weighted by Crippen LogP contribution is -2.30. The van der Waals surface area contributed by atoms with Gasteiger partial charge in [0, 0.05) is 80.1 Å². The number of amides is 2. The van der Waals surface area contributed by atoms with Gasteiger partial charge in [0.1, 0.15) is 0 Å². The number of carbonyl (C=O) groups is 2. The van der Waals surface area contributed by atoms with Gasteiger partial charge in [-0.3, -0.25) is 9.59 Å². The third-order valence-corrected chi connectivity index (χ3v) is 9.59. The van der Waals surface area contributed by atoms with E-state index >= 15 is 0 Å². The van der Waals surface area contributed by atoms with Crippen LogP contribution in [0.5, 0.6) is 0 Å². The van der Waals surface area contributed by atoms with Crippen LogP contribution in [0.15, 0.2) is 48.7 Å². The zero-order valence-electron chi connectivity index (χ0n) is 30.5. The third-order valence-electron chi connectivity index (χ3n) is 9.26. The summed E-state index contributed by atoms with van der Waals surface area (Å²) < 4.78 is 7.48. The highest BCUT2D eigenvalue weighted by atomic mass is 35.5. The Morgan fingerprint density at radius 2 is 1.73 bits per heavy atom. The molecule has 4 N–H and O–H groups in total. The van der Waals surface area contributed by atoms with Gasteiger partial charge in [0.05, 0.1) is 17.3 Å². The number of nitrogens with one attached hydrogen (secondary N) is 4. The van der Waals surface area contributed by atoms with Crippen molar-refractivity contribution in [2.75, 3.05) is 45.7 Å². The highest BCUT2D eigenvalue weighted by Gasteiger charge is 2.22. The van der Waals surface area contributed by atoms with Crippen molar-refractivity contribution < 1.29 is 14.3 Å². The average molecular weight is 717 g/mol. The molecule has 0 saturated carbocycles. The second-order valence-electron chi connectivity index (χ2n) is 13.4. The van der Waals surface area contributed by atoms with E-state index in [0.29, 0.717) is 24.5 Å². The minimum absolute atomic E-state index is 0.0846. The Labute approximate surface area is 306 Å². The van der Waals surface area contributed by atoms with Gasteiger partial charge in [0.25, 0.3) is 0 Å². The van der Waals surface area contributed by atoms with Gasteiger partial charge >= 0.3 is 0 Å². The lowest BCUT2D eigenvalue weighted by Gasteiger charge is -2.26. The summed E-state index contributed by atoms with van der Waals surface area (Å²) in [4.78, 5) is 33.0. The zero-order valence-corrected chi connectivity index (χ0v) is 31.2. The SMILES string of the molecule is CCc1nc2c(cnn2CC)c(NC2CCOCC2)c1CNC(=O)CCC(=O)NCc1ccc(Cl)c(-c2cccc(CNCCCN(C)C)c2)c1. The number of nitrogens with zero attached hydrogens (tertiary/aromatic N) is 4. The van der Waals surface area contributed by atoms with Crippen molar-refractivity contribution in [1.29, 1.82) is 0 Å². The highest BCUT2D eigenvalue weighted by molar-refractivity contribution is 6.33. The van der Waals surface area contributed by atoms with Crippen molar-refractivity contribution >= 4 is 40.1 Å². The van der Waals surface area contributed by atoms with Crippen molar-refractivity contribution in [3.63, 3.8) is 0 Å². The molecule has 3 heterocycles. The number of hydrogen-bond donors (Lipinski definition) is 4. The monoisotopic (exact) mass is 716 g/mol. The first-order valence-corrected chi connectivity index (χ1v) is 18.6. The Balaban J connectivity index is 1.15. The number of hydrogen-bond acceptors (Lipinski definition) is 8. The Bertz CT molecular complexity index is 1770. The molecule has 12 heteroatoms. The van der Waals surface area contributed by atoms with Gasteiger partial charge in [-0.05, 0) is 94.7 Å². The Kier molecular flexibility index (Phi) is 14.2. The largest absolute Gasteiger partial charge is 0.381 e. The van der Waals surface area contributed by atoms with Crippen LogP contribution < -0.4 is 21.3 Å². The van der Waals surface area contributed by atoms with Gasteiger partial charge in [-0.15, -0.1) is 0 Å². The topological polar surface area (TPSA) is 125 Å². The highest BCUT2D eigenvalue weighted by Crippen LogP contribution is 2.32. The molecule has 2 amide bonds. The molecule has 1 fully saturated rings. The summed E-state index contributed by atoms with van der Waals surface area (Å²) in [6, 6.07) is 14.4. The first-order chi connectivity index (χ1) is 24.7. The van der Waals surface area contributed by atoms with Crippen molar-refractivity contribution in [2.24, 2.45) is 0 Å². The molecule has 0 unspecified atom stereocenters. The summed E-state index contributed by atoms with van der Waals surface area (Å²) in [6.07, 6.45) is 5.66. The molecule has 4 aromatic rings. The van der Waals surface area contributed by atoms with E-state index in [-0.39, 0.29) is 30.7 Å². The zero-order chi connectivity index (χ0) is 36.2. The van der Waals surface area contributed by atoms with E-state index < -0.39 is 0 Å². The predicted molar refractivity (Wildman–Crippen MR) is 205 cm³/mol. The summed E-state index contributed by atoms with van der Waals surface area (Å²) in [6.45, 7) is 9.73. The number of benzene rings is 2. The van der Waals surface area contributed by atoms with Crippen molar-refractivity contribution in [1.82, 2.24) is 35.6 Å². The molecular formula is C39H53ClN8O3. The lowest BCUT2D eigenvalue weighted by atomic mass is 10.0. The molecule has 274 valence electrons. The summed E-state index contributed by atoms with van der Waals surface area (Å²) in [5.74, 6) is -0.371. The minimum atomic E-state index is -0.186. The smallest absolute Gasteiger partial charge is 0.220 e. The Morgan fingerprint density at radius 1 is 0.980 bits per heavy atom. The molecule has 0 bridgehead atoms. The fourth-order valence-electron chi connectivity index (χ4n) is 6.40. The van der Waals surface area contributed by atoms with Gasteiger partial charge in [-0.1, -0.05) is 42.8 Å². The van der Waals surface area contributed by atoms with E-state index in [1.807, 2.05) is 35.1 Å². The summed E-state index contributed by atoms with van der Waals surface area (Å²) >= 11 is 6.62. The van der Waals surface area contributed by atoms with Crippen LogP contribution in [0.3, 0.4) is 0 Å². The number of anilines is 1. The molecule has 0 radical (unpaired) electrons. The predicted octanol–water partition coefficient (Wildman–Crippen LogP) is 5.68. The number of aryl methyl sites for hydroxylation is 2. The Morgan fingerprint density at radius 3 is 2.45 bits per heavy atom. The van der Waals surface area contributed by atoms with E-state index in [4.69, 9.17) is 21.3 Å². The molecule has 1 saturated heterocycles. The molecule has 2 aromatic carbocycles. The maximum absolute atomic E-state index is 13.0. The van der Waals surface area contributed by atoms with Crippen molar-refractivity contribution in [2.45, 2.75) is 84.6 Å². The Hall–Kier alpha value is -4.03. The number of halogens is 1. The molecule has 11 nitrogen and oxygen atoms in total. The maximum atomic E-state index is 13.0. The van der Waals surface area contributed by atoms with Crippen LogP contribution in [-0.4, -0.2) is 77.9 Å². The summed E-state index contributed by atoms with van der Waals surface area (Å²) in [5, 5.41) is 19.5. The molecular weight excluding hydrogens is 664 g/mol. The van der Waals surface area contributed by atoms with Gasteiger partial charge in [0.15, 0.2) is 5.65 Å². The van der Waals surface area contributed by atoms with Crippen LogP contribution in [0.2, 0.25) is 5.02 Å². The van der Waals surface area contributed by atoms with Crippen LogP contribution in [0.4, 0.5) is 5.69 Å². The van der Waals surface area contributed by atoms with Gasteiger partial charge < -0.3 is 30.9 Å². The number of pyridine rings is 1. The van der Waals surface area contributed by atoms with E-state index in [1.165, 1.54) is 5.56 Å². The second-order valence-corrected chi connectivity index (χ2v) is 13.8. The quantitative estimate of drug-likeness (QED) is 0.0971. The normalized spacial score (nSPS) is 13.5. The minimum Gasteiger partial charge on any atom is -0.381 e. The molecule has 2 aromatic heterocycles. The molecule has 0 atom stereocenters. The number of rotatable bonds is 18. The van der Waals surface area contributed by atoms with E-state index in [2.05, 4.69) is 77.4 Å². The van der Waals surface area contributed by atoms with Crippen molar-refractivity contribution in [3.05, 3.63) is 76.1 Å². The number of aromatic nitrogens is 3. The van der Waals surface area contributed by atoms with E-state index in [0.717, 1.165) is 103 Å². The fraction of sp³-hybridized carbons (Fsp3) is 0.487. The number of fused-ring (bicyclic) bond motifs is 1. The van der Waals surface area contributed by atoms with Gasteiger partial charge in [0.2, 0.25) is 11.8 Å². The van der Waals surface area contributed by atoms with Crippen LogP contribution in [0.1, 0.15) is 68.3 Å². The average Bonchev–Trinajstić information content (AvgIpc) is 3.56.